The molecule has 2 amide bonds. The van der Waals surface area contributed by atoms with E-state index in [9.17, 15) is 28.6 Å². The summed E-state index contributed by atoms with van der Waals surface area (Å²) in [5.74, 6) is -1.11. The molecule has 3 aromatic rings. The molecule has 3 rings (SSSR count). The van der Waals surface area contributed by atoms with E-state index in [4.69, 9.17) is 9.90 Å². The Kier molecular flexibility index (Phi) is 26.1. The van der Waals surface area contributed by atoms with Crippen molar-refractivity contribution in [3.8, 4) is 0 Å². The standard InChI is InChI=1S/C19H26N4O4S2.C7H6F2.C2H6O.C2H6.CH2O/c1-20-19-23-14(11-29-19)18(27)21-10-15(24)16(25)13(8-9-28-2)22-17(26)12-6-4-3-5-7-12;1-5-2-6(8)4-7(9)3-5;1-2-3;2*1-2/h3-7,11,13,15-16,24-25H,8-10H2,1-2H3,(H,20,23)(H,21,27)(H,22,26);2-4H,1H3;3H,2H2,1H3;1-2H3;1H2. The number of anilines is 1. The minimum Gasteiger partial charge on any atom is -0.397 e. The molecule has 0 aliphatic carbocycles. The molecule has 45 heavy (non-hydrogen) atoms. The Hall–Kier alpha value is -3.43. The number of thioether (sulfide) groups is 1. The van der Waals surface area contributed by atoms with Crippen LogP contribution in [-0.4, -0.2) is 89.4 Å². The van der Waals surface area contributed by atoms with E-state index < -0.39 is 35.8 Å². The third kappa shape index (κ3) is 18.9. The van der Waals surface area contributed by atoms with Crippen LogP contribution >= 0.6 is 23.1 Å². The Balaban J connectivity index is 0. The lowest BCUT2D eigenvalue weighted by atomic mass is 10.0. The molecule has 6 N–H and O–H groups in total. The lowest BCUT2D eigenvalue weighted by Gasteiger charge is -2.28. The van der Waals surface area contributed by atoms with Crippen molar-refractivity contribution >= 4 is 46.8 Å². The van der Waals surface area contributed by atoms with Gasteiger partial charge >= 0.3 is 0 Å². The first-order chi connectivity index (χ1) is 21.6. The summed E-state index contributed by atoms with van der Waals surface area (Å²) < 4.78 is 24.4. The summed E-state index contributed by atoms with van der Waals surface area (Å²) in [4.78, 5) is 36.7. The molecule has 2 aromatic carbocycles. The summed E-state index contributed by atoms with van der Waals surface area (Å²) in [5, 5.41) is 38.9. The lowest BCUT2D eigenvalue weighted by molar-refractivity contribution is -0.0980. The highest BCUT2D eigenvalue weighted by molar-refractivity contribution is 7.98. The van der Waals surface area contributed by atoms with Gasteiger partial charge in [-0.15, -0.1) is 11.3 Å². The van der Waals surface area contributed by atoms with Crippen molar-refractivity contribution in [2.24, 2.45) is 0 Å². The predicted octanol–water partition coefficient (Wildman–Crippen LogP) is 4.30. The van der Waals surface area contributed by atoms with Crippen LogP contribution in [-0.2, 0) is 4.79 Å². The topological polar surface area (TPSA) is 161 Å². The van der Waals surface area contributed by atoms with Gasteiger partial charge in [0.2, 0.25) is 0 Å². The fraction of sp³-hybridized carbons (Fsp3) is 0.419. The molecular formula is C31H46F2N4O6S2. The second kappa shape index (κ2) is 26.9. The van der Waals surface area contributed by atoms with Gasteiger partial charge in [0.1, 0.15) is 30.2 Å². The highest BCUT2D eigenvalue weighted by Crippen LogP contribution is 2.14. The van der Waals surface area contributed by atoms with Gasteiger partial charge in [-0.2, -0.15) is 11.8 Å². The lowest BCUT2D eigenvalue weighted by Crippen LogP contribution is -2.51. The van der Waals surface area contributed by atoms with Crippen molar-refractivity contribution in [1.82, 2.24) is 15.6 Å². The zero-order valence-corrected chi connectivity index (χ0v) is 28.2. The number of aromatic nitrogens is 1. The largest absolute Gasteiger partial charge is 0.397 e. The van der Waals surface area contributed by atoms with Crippen LogP contribution in [0.25, 0.3) is 0 Å². The minimum absolute atomic E-state index is 0.163. The molecule has 0 aliphatic heterocycles. The number of nitrogens with one attached hydrogen (secondary N) is 3. The summed E-state index contributed by atoms with van der Waals surface area (Å²) in [6, 6.07) is 11.4. The molecule has 0 saturated carbocycles. The van der Waals surface area contributed by atoms with Crippen LogP contribution in [0.1, 0.15) is 53.6 Å². The predicted molar refractivity (Wildman–Crippen MR) is 179 cm³/mol. The number of amides is 2. The van der Waals surface area contributed by atoms with Crippen molar-refractivity contribution in [3.63, 3.8) is 0 Å². The summed E-state index contributed by atoms with van der Waals surface area (Å²) in [5.41, 5.74) is 1.31. The Morgan fingerprint density at radius 2 is 1.60 bits per heavy atom. The van der Waals surface area contributed by atoms with Crippen LogP contribution in [0.2, 0.25) is 0 Å². The SMILES string of the molecule is C=O.CC.CCO.CNc1nc(C(=O)NCC(O)C(O)C(CCSC)NC(=O)c2ccccc2)cs1.Cc1cc(F)cc(F)c1. The van der Waals surface area contributed by atoms with Crippen molar-refractivity contribution in [1.29, 1.82) is 0 Å². The maximum absolute atomic E-state index is 12.4. The Labute approximate surface area is 272 Å². The molecule has 0 aliphatic rings. The molecule has 10 nitrogen and oxygen atoms in total. The van der Waals surface area contributed by atoms with Crippen LogP contribution in [0.5, 0.6) is 0 Å². The molecular weight excluding hydrogens is 626 g/mol. The molecule has 14 heteroatoms. The fourth-order valence-corrected chi connectivity index (χ4v) is 4.42. The van der Waals surface area contributed by atoms with Crippen molar-refractivity contribution < 1.29 is 38.5 Å². The van der Waals surface area contributed by atoms with Crippen LogP contribution < -0.4 is 16.0 Å². The van der Waals surface area contributed by atoms with Gasteiger partial charge in [0.05, 0.1) is 12.1 Å². The van der Waals surface area contributed by atoms with Crippen LogP contribution in [0.15, 0.2) is 53.9 Å². The average molecular weight is 673 g/mol. The first-order valence-corrected chi connectivity index (χ1v) is 16.3. The number of halogens is 2. The van der Waals surface area contributed by atoms with Crippen molar-refractivity contribution in [2.45, 2.75) is 52.4 Å². The number of benzene rings is 2. The number of thiazole rings is 1. The normalized spacial score (nSPS) is 11.5. The second-order valence-electron chi connectivity index (χ2n) is 8.55. The molecule has 0 spiro atoms. The summed E-state index contributed by atoms with van der Waals surface area (Å²) in [7, 11) is 1.71. The molecule has 0 bridgehead atoms. The van der Waals surface area contributed by atoms with Gasteiger partial charge in [-0.05, 0) is 62.1 Å². The molecule has 0 fully saturated rings. The van der Waals surface area contributed by atoms with E-state index >= 15 is 0 Å². The first kappa shape index (κ1) is 43.7. The number of rotatable bonds is 11. The van der Waals surface area contributed by atoms with E-state index in [2.05, 4.69) is 20.9 Å². The number of carbonyl (C=O) groups excluding carboxylic acids is 3. The number of aliphatic hydroxyl groups excluding tert-OH is 3. The van der Waals surface area contributed by atoms with Gasteiger partial charge in [0, 0.05) is 37.2 Å². The monoisotopic (exact) mass is 672 g/mol. The highest BCUT2D eigenvalue weighted by Gasteiger charge is 2.28. The number of carbonyl (C=O) groups is 3. The van der Waals surface area contributed by atoms with E-state index in [-0.39, 0.29) is 24.8 Å². The molecule has 3 atom stereocenters. The fourth-order valence-electron chi connectivity index (χ4n) is 3.28. The van der Waals surface area contributed by atoms with Crippen LogP contribution in [0.3, 0.4) is 0 Å². The maximum Gasteiger partial charge on any atom is 0.270 e. The number of aliphatic hydroxyl groups is 3. The van der Waals surface area contributed by atoms with Gasteiger partial charge < -0.3 is 36.1 Å². The number of hydrogen-bond donors (Lipinski definition) is 6. The van der Waals surface area contributed by atoms with Crippen LogP contribution in [0.4, 0.5) is 13.9 Å². The van der Waals surface area contributed by atoms with Gasteiger partial charge in [0.15, 0.2) is 5.13 Å². The van der Waals surface area contributed by atoms with E-state index in [1.165, 1.54) is 23.5 Å². The third-order valence-electron chi connectivity index (χ3n) is 5.22. The zero-order chi connectivity index (χ0) is 34.8. The molecule has 0 radical (unpaired) electrons. The smallest absolute Gasteiger partial charge is 0.270 e. The second-order valence-corrected chi connectivity index (χ2v) is 10.4. The van der Waals surface area contributed by atoms with Crippen LogP contribution in [0, 0.1) is 18.6 Å². The maximum atomic E-state index is 12.4. The van der Waals surface area contributed by atoms with Gasteiger partial charge in [0.25, 0.3) is 11.8 Å². The quantitative estimate of drug-likeness (QED) is 0.175. The summed E-state index contributed by atoms with van der Waals surface area (Å²) in [6.45, 7) is 9.41. The summed E-state index contributed by atoms with van der Waals surface area (Å²) >= 11 is 2.87. The Bertz CT molecular complexity index is 1160. The molecule has 252 valence electrons. The Morgan fingerprint density at radius 1 is 1.04 bits per heavy atom. The molecule has 1 heterocycles. The Morgan fingerprint density at radius 3 is 2.07 bits per heavy atom. The van der Waals surface area contributed by atoms with E-state index in [1.807, 2.05) is 33.0 Å². The molecule has 0 saturated heterocycles. The van der Waals surface area contributed by atoms with E-state index in [1.54, 1.807) is 62.3 Å². The molecule has 1 aromatic heterocycles. The van der Waals surface area contributed by atoms with Gasteiger partial charge in [-0.3, -0.25) is 9.59 Å². The highest BCUT2D eigenvalue weighted by atomic mass is 32.2. The van der Waals surface area contributed by atoms with Gasteiger partial charge in [-0.1, -0.05) is 32.0 Å². The van der Waals surface area contributed by atoms with Crippen molar-refractivity contribution in [3.05, 3.63) is 82.4 Å². The molecule has 3 unspecified atom stereocenters. The minimum atomic E-state index is -1.25. The first-order valence-electron chi connectivity index (χ1n) is 14.0. The number of nitrogens with zero attached hydrogens (tertiary/aromatic N) is 1. The summed E-state index contributed by atoms with van der Waals surface area (Å²) in [6.07, 6.45) is -0.0849. The van der Waals surface area contributed by atoms with E-state index in [0.717, 1.165) is 6.07 Å². The third-order valence-corrected chi connectivity index (χ3v) is 6.72. The van der Waals surface area contributed by atoms with E-state index in [0.29, 0.717) is 28.4 Å². The average Bonchev–Trinajstić information content (AvgIpc) is 3.53. The number of aryl methyl sites for hydroxylation is 1. The number of hydrogen-bond acceptors (Lipinski definition) is 10. The zero-order valence-electron chi connectivity index (χ0n) is 26.5. The van der Waals surface area contributed by atoms with Crippen molar-refractivity contribution in [2.75, 3.05) is 37.5 Å². The van der Waals surface area contributed by atoms with Gasteiger partial charge in [-0.25, -0.2) is 13.8 Å².